The van der Waals surface area contributed by atoms with Crippen LogP contribution in [0.15, 0.2) is 18.2 Å². The molecule has 5 heteroatoms. The molecule has 5 nitrogen and oxygen atoms in total. The lowest BCUT2D eigenvalue weighted by molar-refractivity contribution is -0.142. The van der Waals surface area contributed by atoms with Crippen molar-refractivity contribution in [3.8, 4) is 0 Å². The molecule has 0 unspecified atom stereocenters. The van der Waals surface area contributed by atoms with Crippen molar-refractivity contribution in [1.29, 1.82) is 0 Å². The third-order valence-electron chi connectivity index (χ3n) is 2.23. The smallest absolute Gasteiger partial charge is 0.336 e. The number of anilines is 1. The van der Waals surface area contributed by atoms with Gasteiger partial charge >= 0.3 is 11.9 Å². The molecule has 0 heterocycles. The van der Waals surface area contributed by atoms with Gasteiger partial charge in [-0.3, -0.25) is 4.79 Å². The molecular weight excluding hydrogens is 234 g/mol. The zero-order chi connectivity index (χ0) is 13.7. The van der Waals surface area contributed by atoms with E-state index in [1.165, 1.54) is 6.92 Å². The van der Waals surface area contributed by atoms with E-state index in [-0.39, 0.29) is 18.2 Å². The van der Waals surface area contributed by atoms with Gasteiger partial charge in [0.05, 0.1) is 5.56 Å². The van der Waals surface area contributed by atoms with Crippen molar-refractivity contribution in [2.75, 3.05) is 5.32 Å². The second-order valence-corrected chi connectivity index (χ2v) is 4.26. The monoisotopic (exact) mass is 251 g/mol. The summed E-state index contributed by atoms with van der Waals surface area (Å²) in [5.74, 6) is -1.47. The van der Waals surface area contributed by atoms with E-state index in [2.05, 4.69) is 5.32 Å². The van der Waals surface area contributed by atoms with E-state index in [0.29, 0.717) is 5.56 Å². The fraction of sp³-hybridized carbons (Fsp3) is 0.385. The van der Waals surface area contributed by atoms with Gasteiger partial charge in [-0.15, -0.1) is 0 Å². The Morgan fingerprint density at radius 3 is 2.56 bits per heavy atom. The van der Waals surface area contributed by atoms with Crippen LogP contribution in [0, 0.1) is 0 Å². The minimum Gasteiger partial charge on any atom is -0.478 e. The van der Waals surface area contributed by atoms with Crippen LogP contribution in [0.2, 0.25) is 0 Å². The zero-order valence-electron chi connectivity index (χ0n) is 10.7. The Bertz CT molecular complexity index is 454. The predicted molar refractivity (Wildman–Crippen MR) is 67.6 cm³/mol. The van der Waals surface area contributed by atoms with E-state index in [1.54, 1.807) is 18.2 Å². The molecule has 0 fully saturated rings. The highest BCUT2D eigenvalue weighted by atomic mass is 16.5. The Balaban J connectivity index is 2.97. The molecule has 0 aliphatic rings. The first kappa shape index (κ1) is 14.0. The van der Waals surface area contributed by atoms with E-state index in [0.717, 1.165) is 5.69 Å². The second-order valence-electron chi connectivity index (χ2n) is 4.26. The fourth-order valence-corrected chi connectivity index (χ4v) is 1.50. The van der Waals surface area contributed by atoms with Crippen molar-refractivity contribution in [3.63, 3.8) is 0 Å². The Labute approximate surface area is 106 Å². The molecule has 1 rings (SSSR count). The highest BCUT2D eigenvalue weighted by Gasteiger charge is 2.12. The lowest BCUT2D eigenvalue weighted by atomic mass is 10.1. The van der Waals surface area contributed by atoms with E-state index in [4.69, 9.17) is 9.84 Å². The summed E-state index contributed by atoms with van der Waals surface area (Å²) >= 11 is 0. The number of esters is 1. The molecule has 18 heavy (non-hydrogen) atoms. The molecule has 0 bridgehead atoms. The minimum atomic E-state index is -1.04. The molecule has 0 saturated heterocycles. The van der Waals surface area contributed by atoms with Crippen molar-refractivity contribution in [2.24, 2.45) is 0 Å². The van der Waals surface area contributed by atoms with Gasteiger partial charge in [0, 0.05) is 24.2 Å². The molecule has 0 spiro atoms. The summed E-state index contributed by atoms with van der Waals surface area (Å²) in [6, 6.07) is 5.18. The molecule has 0 aromatic heterocycles. The van der Waals surface area contributed by atoms with Crippen molar-refractivity contribution >= 4 is 17.6 Å². The number of hydrogen-bond acceptors (Lipinski definition) is 4. The van der Waals surface area contributed by atoms with Gasteiger partial charge in [-0.25, -0.2) is 4.79 Å². The van der Waals surface area contributed by atoms with Gasteiger partial charge < -0.3 is 15.2 Å². The largest absolute Gasteiger partial charge is 0.478 e. The molecule has 2 N–H and O–H groups in total. The average molecular weight is 251 g/mol. The topological polar surface area (TPSA) is 75.6 Å². The SMILES string of the molecule is CC(=O)OCc1ccc(NC(C)C)cc1C(=O)O. The maximum Gasteiger partial charge on any atom is 0.336 e. The van der Waals surface area contributed by atoms with Crippen LogP contribution >= 0.6 is 0 Å². The Morgan fingerprint density at radius 1 is 1.39 bits per heavy atom. The van der Waals surface area contributed by atoms with Crippen molar-refractivity contribution in [3.05, 3.63) is 29.3 Å². The van der Waals surface area contributed by atoms with Gasteiger partial charge in [0.2, 0.25) is 0 Å². The quantitative estimate of drug-likeness (QED) is 0.785. The molecular formula is C13H17NO4. The van der Waals surface area contributed by atoms with E-state index < -0.39 is 11.9 Å². The van der Waals surface area contributed by atoms with Gasteiger partial charge in [0.1, 0.15) is 6.61 Å². The molecule has 0 atom stereocenters. The van der Waals surface area contributed by atoms with Gasteiger partial charge in [0.25, 0.3) is 0 Å². The predicted octanol–water partition coefficient (Wildman–Crippen LogP) is 2.27. The first-order valence-corrected chi connectivity index (χ1v) is 5.66. The number of carboxylic acids is 1. The standard InChI is InChI=1S/C13H17NO4/c1-8(2)14-11-5-4-10(7-18-9(3)15)12(6-11)13(16)17/h4-6,8,14H,7H2,1-3H3,(H,16,17). The molecule has 0 amide bonds. The molecule has 0 aliphatic heterocycles. The second kappa shape index (κ2) is 6.05. The first-order chi connectivity index (χ1) is 8.40. The van der Waals surface area contributed by atoms with Gasteiger partial charge in [-0.1, -0.05) is 6.07 Å². The molecule has 0 radical (unpaired) electrons. The summed E-state index contributed by atoms with van der Waals surface area (Å²) in [5.41, 5.74) is 1.35. The number of carboxylic acid groups (broad SMARTS) is 1. The fourth-order valence-electron chi connectivity index (χ4n) is 1.50. The highest BCUT2D eigenvalue weighted by molar-refractivity contribution is 5.90. The Kier molecular flexibility index (Phi) is 4.71. The van der Waals surface area contributed by atoms with Crippen LogP contribution < -0.4 is 5.32 Å². The average Bonchev–Trinajstić information content (AvgIpc) is 2.26. The minimum absolute atomic E-state index is 0.0288. The van der Waals surface area contributed by atoms with Crippen molar-refractivity contribution < 1.29 is 19.4 Å². The number of carbonyl (C=O) groups is 2. The van der Waals surface area contributed by atoms with E-state index in [1.807, 2.05) is 13.8 Å². The number of ether oxygens (including phenoxy) is 1. The number of rotatable bonds is 5. The molecule has 1 aromatic carbocycles. The van der Waals surface area contributed by atoms with Crippen molar-refractivity contribution in [1.82, 2.24) is 0 Å². The zero-order valence-corrected chi connectivity index (χ0v) is 10.7. The summed E-state index contributed by atoms with van der Waals surface area (Å²) < 4.78 is 4.82. The lowest BCUT2D eigenvalue weighted by Gasteiger charge is -2.13. The van der Waals surface area contributed by atoms with E-state index in [9.17, 15) is 9.59 Å². The number of carbonyl (C=O) groups excluding carboxylic acids is 1. The Morgan fingerprint density at radius 2 is 2.06 bits per heavy atom. The summed E-state index contributed by atoms with van der Waals surface area (Å²) in [5, 5.41) is 12.2. The third-order valence-corrected chi connectivity index (χ3v) is 2.23. The van der Waals surface area contributed by atoms with Crippen LogP contribution in [-0.2, 0) is 16.1 Å². The van der Waals surface area contributed by atoms with Crippen LogP contribution in [-0.4, -0.2) is 23.1 Å². The number of aromatic carboxylic acids is 1. The molecule has 0 aliphatic carbocycles. The van der Waals surface area contributed by atoms with Crippen molar-refractivity contribution in [2.45, 2.75) is 33.4 Å². The Hall–Kier alpha value is -2.04. The normalized spacial score (nSPS) is 10.2. The number of hydrogen-bond donors (Lipinski definition) is 2. The summed E-state index contributed by atoms with van der Waals surface area (Å²) in [6.07, 6.45) is 0. The van der Waals surface area contributed by atoms with E-state index >= 15 is 0 Å². The number of nitrogens with one attached hydrogen (secondary N) is 1. The third kappa shape index (κ3) is 4.08. The molecule has 1 aromatic rings. The lowest BCUT2D eigenvalue weighted by Crippen LogP contribution is -2.12. The summed E-state index contributed by atoms with van der Waals surface area (Å²) in [6.45, 7) is 5.19. The maximum absolute atomic E-state index is 11.1. The van der Waals surface area contributed by atoms with Gasteiger partial charge in [0.15, 0.2) is 0 Å². The highest BCUT2D eigenvalue weighted by Crippen LogP contribution is 2.18. The molecule has 0 saturated carbocycles. The van der Waals surface area contributed by atoms with Gasteiger partial charge in [-0.2, -0.15) is 0 Å². The van der Waals surface area contributed by atoms with Crippen LogP contribution in [0.4, 0.5) is 5.69 Å². The van der Waals surface area contributed by atoms with Crippen LogP contribution in [0.3, 0.4) is 0 Å². The van der Waals surface area contributed by atoms with Gasteiger partial charge in [-0.05, 0) is 26.0 Å². The maximum atomic E-state index is 11.1. The van der Waals surface area contributed by atoms with Crippen LogP contribution in [0.25, 0.3) is 0 Å². The summed E-state index contributed by atoms with van der Waals surface area (Å²) in [7, 11) is 0. The summed E-state index contributed by atoms with van der Waals surface area (Å²) in [4.78, 5) is 21.9. The van der Waals surface area contributed by atoms with Crippen LogP contribution in [0.5, 0.6) is 0 Å². The number of benzene rings is 1. The van der Waals surface area contributed by atoms with Crippen LogP contribution in [0.1, 0.15) is 36.7 Å². The first-order valence-electron chi connectivity index (χ1n) is 5.66. The molecule has 98 valence electrons.